The SMILES string of the molecule is CC(C)(C)OC(=O)NCCCn1cc(-c2ccc(OC[C@H](ON)C(=O)OC(C)(C)C)cc2)c[n+]1C[C@@H]1CCN(C(=O)OC(C)(C)C)C1. The molecule has 2 atom stereocenters. The van der Waals surface area contributed by atoms with Crippen molar-refractivity contribution in [2.45, 2.75) is 111 Å². The number of carbonyl (C=O) groups excluding carboxylic acids is 3. The smallest absolute Gasteiger partial charge is 0.410 e. The van der Waals surface area contributed by atoms with E-state index in [-0.39, 0.29) is 18.6 Å². The van der Waals surface area contributed by atoms with Crippen LogP contribution in [0.4, 0.5) is 9.59 Å². The lowest BCUT2D eigenvalue weighted by atomic mass is 10.1. The van der Waals surface area contributed by atoms with Crippen molar-refractivity contribution in [2.75, 3.05) is 26.2 Å². The molecule has 2 heterocycles. The molecule has 1 aliphatic rings. The molecular weight excluding hydrogens is 606 g/mol. The summed E-state index contributed by atoms with van der Waals surface area (Å²) in [6, 6.07) is 7.52. The molecule has 13 heteroatoms. The van der Waals surface area contributed by atoms with Gasteiger partial charge in [0, 0.05) is 25.6 Å². The zero-order chi connectivity index (χ0) is 35.0. The van der Waals surface area contributed by atoms with E-state index in [1.165, 1.54) is 0 Å². The van der Waals surface area contributed by atoms with Crippen molar-refractivity contribution < 1.29 is 42.9 Å². The van der Waals surface area contributed by atoms with Gasteiger partial charge in [-0.15, -0.1) is 4.68 Å². The Morgan fingerprint density at radius 1 is 0.936 bits per heavy atom. The number of hydrogen-bond donors (Lipinski definition) is 2. The van der Waals surface area contributed by atoms with Crippen molar-refractivity contribution in [3.8, 4) is 16.9 Å². The standard InChI is InChI=1S/C34H53N5O8/c1-32(2,3)44-29(40)28(47-35)23-43-27-13-11-25(12-14-27)26-21-38(17-10-16-36-30(41)45-33(4,5)6)39(22-26)20-24-15-18-37(19-24)31(42)46-34(7,8)9/h11-14,21-22,24,28H,10,15-20,23,35H2,1-9H3/p+1/t24-,28+/m1/s1. The number of benzene rings is 1. The third-order valence-electron chi connectivity index (χ3n) is 6.94. The molecule has 0 unspecified atom stereocenters. The van der Waals surface area contributed by atoms with E-state index < -0.39 is 35.0 Å². The predicted octanol–water partition coefficient (Wildman–Crippen LogP) is 4.59. The number of nitrogens with two attached hydrogens (primary N) is 1. The van der Waals surface area contributed by atoms with Crippen molar-refractivity contribution in [2.24, 2.45) is 11.8 Å². The molecule has 2 amide bonds. The summed E-state index contributed by atoms with van der Waals surface area (Å²) in [5.41, 5.74) is 0.189. The summed E-state index contributed by atoms with van der Waals surface area (Å²) >= 11 is 0. The summed E-state index contributed by atoms with van der Waals surface area (Å²) in [7, 11) is 0. The van der Waals surface area contributed by atoms with Crippen molar-refractivity contribution in [1.82, 2.24) is 14.9 Å². The molecule has 0 radical (unpaired) electrons. The van der Waals surface area contributed by atoms with Gasteiger partial charge in [0.05, 0.1) is 18.3 Å². The van der Waals surface area contributed by atoms with Crippen LogP contribution in [0.1, 0.15) is 75.2 Å². The number of esters is 1. The Morgan fingerprint density at radius 2 is 1.57 bits per heavy atom. The lowest BCUT2D eigenvalue weighted by Crippen LogP contribution is -2.46. The van der Waals surface area contributed by atoms with Gasteiger partial charge in [0.1, 0.15) is 29.2 Å². The lowest BCUT2D eigenvalue weighted by molar-refractivity contribution is -0.780. The predicted molar refractivity (Wildman–Crippen MR) is 175 cm³/mol. The minimum atomic E-state index is -1.06. The fourth-order valence-corrected chi connectivity index (χ4v) is 4.93. The highest BCUT2D eigenvalue weighted by molar-refractivity contribution is 5.75. The van der Waals surface area contributed by atoms with Crippen LogP contribution in [0.25, 0.3) is 11.1 Å². The molecule has 3 N–H and O–H groups in total. The van der Waals surface area contributed by atoms with Crippen LogP contribution >= 0.6 is 0 Å². The van der Waals surface area contributed by atoms with Crippen molar-refractivity contribution in [3.63, 3.8) is 0 Å². The number of carbonyl (C=O) groups is 3. The van der Waals surface area contributed by atoms with E-state index in [0.29, 0.717) is 44.9 Å². The van der Waals surface area contributed by atoms with Gasteiger partial charge in [-0.25, -0.2) is 20.3 Å². The fourth-order valence-electron chi connectivity index (χ4n) is 4.93. The minimum Gasteiger partial charge on any atom is -0.490 e. The van der Waals surface area contributed by atoms with Gasteiger partial charge >= 0.3 is 18.2 Å². The molecule has 1 saturated heterocycles. The number of nitrogens with one attached hydrogen (secondary N) is 1. The second-order valence-electron chi connectivity index (χ2n) is 14.9. The van der Waals surface area contributed by atoms with Gasteiger partial charge < -0.3 is 29.2 Å². The van der Waals surface area contributed by atoms with Gasteiger partial charge in [0.15, 0.2) is 6.54 Å². The van der Waals surface area contributed by atoms with Gasteiger partial charge in [0.2, 0.25) is 12.3 Å². The van der Waals surface area contributed by atoms with Crippen molar-refractivity contribution in [3.05, 3.63) is 36.7 Å². The second kappa shape index (κ2) is 15.8. The quantitative estimate of drug-likeness (QED) is 0.110. The summed E-state index contributed by atoms with van der Waals surface area (Å²) in [6.45, 7) is 19.4. The number of aryl methyl sites for hydroxylation is 1. The highest BCUT2D eigenvalue weighted by atomic mass is 16.7. The Labute approximate surface area is 278 Å². The van der Waals surface area contributed by atoms with Crippen LogP contribution in [0.3, 0.4) is 0 Å². The molecule has 0 saturated carbocycles. The number of amides is 2. The number of ether oxygens (including phenoxy) is 4. The highest BCUT2D eigenvalue weighted by Crippen LogP contribution is 2.24. The monoisotopic (exact) mass is 660 g/mol. The summed E-state index contributed by atoms with van der Waals surface area (Å²) in [4.78, 5) is 43.7. The normalized spacial score (nSPS) is 16.0. The van der Waals surface area contributed by atoms with Crippen LogP contribution in [-0.2, 0) is 36.9 Å². The number of hydrogen-bond acceptors (Lipinski definition) is 9. The zero-order valence-corrected chi connectivity index (χ0v) is 29.5. The Kier molecular flexibility index (Phi) is 12.7. The van der Waals surface area contributed by atoms with Gasteiger partial charge in [-0.05, 0) is 92.9 Å². The molecule has 0 aliphatic carbocycles. The molecule has 0 bridgehead atoms. The largest absolute Gasteiger partial charge is 0.490 e. The molecule has 2 aromatic rings. The zero-order valence-electron chi connectivity index (χ0n) is 29.5. The Morgan fingerprint density at radius 3 is 2.17 bits per heavy atom. The maximum Gasteiger partial charge on any atom is 0.410 e. The molecule has 13 nitrogen and oxygen atoms in total. The topological polar surface area (TPSA) is 147 Å². The summed E-state index contributed by atoms with van der Waals surface area (Å²) in [5.74, 6) is 5.53. The van der Waals surface area contributed by atoms with Gasteiger partial charge in [-0.1, -0.05) is 12.1 Å². The van der Waals surface area contributed by atoms with Crippen LogP contribution < -0.4 is 20.6 Å². The van der Waals surface area contributed by atoms with Crippen LogP contribution in [-0.4, -0.2) is 76.9 Å². The van der Waals surface area contributed by atoms with E-state index >= 15 is 0 Å². The Bertz CT molecular complexity index is 1340. The van der Waals surface area contributed by atoms with Gasteiger partial charge in [-0.2, -0.15) is 4.68 Å². The molecular formula is C34H54N5O8+. The average molecular weight is 661 g/mol. The van der Waals surface area contributed by atoms with Crippen LogP contribution in [0, 0.1) is 5.92 Å². The molecule has 0 spiro atoms. The fraction of sp³-hybridized carbons (Fsp3) is 0.647. The third-order valence-corrected chi connectivity index (χ3v) is 6.94. The maximum atomic E-state index is 12.6. The second-order valence-corrected chi connectivity index (χ2v) is 14.9. The van der Waals surface area contributed by atoms with E-state index in [1.54, 1.807) is 25.7 Å². The lowest BCUT2D eigenvalue weighted by Gasteiger charge is -2.24. The van der Waals surface area contributed by atoms with Crippen molar-refractivity contribution in [1.29, 1.82) is 0 Å². The number of rotatable bonds is 12. The average Bonchev–Trinajstić information content (AvgIpc) is 3.56. The van der Waals surface area contributed by atoms with E-state index in [2.05, 4.69) is 27.1 Å². The maximum absolute atomic E-state index is 12.6. The first-order valence-electron chi connectivity index (χ1n) is 16.2. The van der Waals surface area contributed by atoms with Crippen LogP contribution in [0.5, 0.6) is 5.75 Å². The molecule has 1 aromatic heterocycles. The first kappa shape index (κ1) is 37.6. The number of alkyl carbamates (subject to hydrolysis) is 1. The van der Waals surface area contributed by atoms with Crippen LogP contribution in [0.15, 0.2) is 36.7 Å². The summed E-state index contributed by atoms with van der Waals surface area (Å²) in [6.07, 6.45) is 3.94. The first-order chi connectivity index (χ1) is 21.8. The Hall–Kier alpha value is -3.84. The summed E-state index contributed by atoms with van der Waals surface area (Å²) < 4.78 is 26.3. The van der Waals surface area contributed by atoms with Gasteiger partial charge in [-0.3, -0.25) is 4.84 Å². The molecule has 1 aromatic carbocycles. The van der Waals surface area contributed by atoms with Crippen LogP contribution in [0.2, 0.25) is 0 Å². The molecule has 262 valence electrons. The number of aromatic nitrogens is 2. The first-order valence-corrected chi connectivity index (χ1v) is 16.2. The van der Waals surface area contributed by atoms with Crippen molar-refractivity contribution >= 4 is 18.2 Å². The number of likely N-dealkylation sites (tertiary alicyclic amines) is 1. The molecule has 47 heavy (non-hydrogen) atoms. The minimum absolute atomic E-state index is 0.0971. The van der Waals surface area contributed by atoms with E-state index in [1.807, 2.05) is 65.8 Å². The Balaban J connectivity index is 1.69. The summed E-state index contributed by atoms with van der Waals surface area (Å²) in [5, 5.41) is 2.82. The van der Waals surface area contributed by atoms with E-state index in [4.69, 9.17) is 29.7 Å². The van der Waals surface area contributed by atoms with E-state index in [9.17, 15) is 14.4 Å². The number of nitrogens with zero attached hydrogens (tertiary/aromatic N) is 3. The third kappa shape index (κ3) is 13.1. The van der Waals surface area contributed by atoms with E-state index in [0.717, 1.165) is 17.5 Å². The molecule has 3 rings (SSSR count). The highest BCUT2D eigenvalue weighted by Gasteiger charge is 2.33. The van der Waals surface area contributed by atoms with Gasteiger partial charge in [0.25, 0.3) is 0 Å². The molecule has 1 fully saturated rings. The molecule has 1 aliphatic heterocycles.